The number of fused-ring (bicyclic) bond motifs is 1. The second-order valence-electron chi connectivity index (χ2n) is 4.70. The number of anilines is 1. The van der Waals surface area contributed by atoms with E-state index < -0.39 is 0 Å². The Hall–Kier alpha value is -1.29. The summed E-state index contributed by atoms with van der Waals surface area (Å²) in [5, 5.41) is 10.3. The Kier molecular flexibility index (Phi) is 2.47. The molecule has 1 aliphatic rings. The highest BCUT2D eigenvalue weighted by atomic mass is 32.1. The largest absolute Gasteiger partial charge is 0.370 e. The van der Waals surface area contributed by atoms with Crippen LogP contribution in [0.4, 0.5) is 5.82 Å². The number of nitrogens with one attached hydrogen (secondary N) is 1. The smallest absolute Gasteiger partial charge is 0.128 e. The van der Waals surface area contributed by atoms with Crippen molar-refractivity contribution in [2.45, 2.75) is 33.2 Å². The fourth-order valence-electron chi connectivity index (χ4n) is 2.49. The SMILES string of the molecule is Cc1ccsc1C1CCNc2c(C)c(C)nn21. The maximum absolute atomic E-state index is 4.69. The summed E-state index contributed by atoms with van der Waals surface area (Å²) in [4.78, 5) is 1.45. The van der Waals surface area contributed by atoms with E-state index in [0.29, 0.717) is 6.04 Å². The van der Waals surface area contributed by atoms with Crippen molar-refractivity contribution in [3.05, 3.63) is 33.1 Å². The van der Waals surface area contributed by atoms with Gasteiger partial charge in [-0.25, -0.2) is 4.68 Å². The molecule has 0 saturated carbocycles. The van der Waals surface area contributed by atoms with Crippen molar-refractivity contribution in [1.82, 2.24) is 9.78 Å². The van der Waals surface area contributed by atoms with Crippen molar-refractivity contribution in [3.8, 4) is 0 Å². The average molecular weight is 247 g/mol. The van der Waals surface area contributed by atoms with Gasteiger partial charge in [-0.15, -0.1) is 11.3 Å². The van der Waals surface area contributed by atoms with Gasteiger partial charge >= 0.3 is 0 Å². The predicted octanol–water partition coefficient (Wildman–Crippen LogP) is 3.27. The molecular formula is C13H17N3S. The van der Waals surface area contributed by atoms with Gasteiger partial charge in [0.1, 0.15) is 5.82 Å². The maximum Gasteiger partial charge on any atom is 0.128 e. The summed E-state index contributed by atoms with van der Waals surface area (Å²) >= 11 is 1.85. The van der Waals surface area contributed by atoms with Gasteiger partial charge in [-0.3, -0.25) is 0 Å². The minimum Gasteiger partial charge on any atom is -0.370 e. The van der Waals surface area contributed by atoms with Gasteiger partial charge in [-0.2, -0.15) is 5.10 Å². The molecule has 1 atom stereocenters. The first-order valence-electron chi connectivity index (χ1n) is 6.02. The van der Waals surface area contributed by atoms with E-state index in [1.807, 2.05) is 11.3 Å². The monoisotopic (exact) mass is 247 g/mol. The van der Waals surface area contributed by atoms with Crippen LogP contribution in [0.3, 0.4) is 0 Å². The molecule has 3 rings (SSSR count). The zero-order chi connectivity index (χ0) is 12.0. The third kappa shape index (κ3) is 1.59. The van der Waals surface area contributed by atoms with E-state index in [2.05, 4.69) is 42.2 Å². The van der Waals surface area contributed by atoms with Crippen molar-refractivity contribution in [2.75, 3.05) is 11.9 Å². The lowest BCUT2D eigenvalue weighted by molar-refractivity contribution is 0.484. The summed E-state index contributed by atoms with van der Waals surface area (Å²) in [6.45, 7) is 7.45. The molecule has 0 bridgehead atoms. The van der Waals surface area contributed by atoms with Crippen LogP contribution in [0.25, 0.3) is 0 Å². The van der Waals surface area contributed by atoms with E-state index in [4.69, 9.17) is 5.10 Å². The lowest BCUT2D eigenvalue weighted by Crippen LogP contribution is -2.24. The number of aromatic nitrogens is 2. The van der Waals surface area contributed by atoms with Crippen LogP contribution >= 0.6 is 11.3 Å². The number of aryl methyl sites for hydroxylation is 2. The summed E-state index contributed by atoms with van der Waals surface area (Å²) in [7, 11) is 0. The number of hydrogen-bond acceptors (Lipinski definition) is 3. The molecule has 3 heterocycles. The average Bonchev–Trinajstić information content (AvgIpc) is 2.85. The summed E-state index contributed by atoms with van der Waals surface area (Å²) in [5.41, 5.74) is 3.80. The molecule has 1 N–H and O–H groups in total. The Morgan fingerprint density at radius 1 is 1.41 bits per heavy atom. The molecular weight excluding hydrogens is 230 g/mol. The molecule has 0 aromatic carbocycles. The van der Waals surface area contributed by atoms with Crippen LogP contribution in [-0.4, -0.2) is 16.3 Å². The van der Waals surface area contributed by atoms with Crippen molar-refractivity contribution >= 4 is 17.2 Å². The third-order valence-corrected chi connectivity index (χ3v) is 4.71. The van der Waals surface area contributed by atoms with Gasteiger partial charge in [0.25, 0.3) is 0 Å². The van der Waals surface area contributed by atoms with Crippen LogP contribution in [0.5, 0.6) is 0 Å². The van der Waals surface area contributed by atoms with Crippen LogP contribution in [0.2, 0.25) is 0 Å². The lowest BCUT2D eigenvalue weighted by Gasteiger charge is -2.26. The Morgan fingerprint density at radius 2 is 2.24 bits per heavy atom. The van der Waals surface area contributed by atoms with Crippen molar-refractivity contribution in [1.29, 1.82) is 0 Å². The fourth-order valence-corrected chi connectivity index (χ4v) is 3.53. The minimum atomic E-state index is 0.415. The normalized spacial score (nSPS) is 18.9. The number of rotatable bonds is 1. The molecule has 3 nitrogen and oxygen atoms in total. The first-order valence-corrected chi connectivity index (χ1v) is 6.90. The first kappa shape index (κ1) is 10.8. The molecule has 0 amide bonds. The second kappa shape index (κ2) is 3.88. The molecule has 90 valence electrons. The second-order valence-corrected chi connectivity index (χ2v) is 5.65. The molecule has 2 aromatic heterocycles. The highest BCUT2D eigenvalue weighted by Crippen LogP contribution is 2.36. The zero-order valence-electron chi connectivity index (χ0n) is 10.4. The molecule has 2 aromatic rings. The topological polar surface area (TPSA) is 29.9 Å². The summed E-state index contributed by atoms with van der Waals surface area (Å²) < 4.78 is 2.17. The van der Waals surface area contributed by atoms with Crippen molar-refractivity contribution < 1.29 is 0 Å². The van der Waals surface area contributed by atoms with Crippen LogP contribution in [0.1, 0.15) is 34.2 Å². The molecule has 1 unspecified atom stereocenters. The highest BCUT2D eigenvalue weighted by Gasteiger charge is 2.26. The zero-order valence-corrected chi connectivity index (χ0v) is 11.3. The van der Waals surface area contributed by atoms with Crippen LogP contribution < -0.4 is 5.32 Å². The summed E-state index contributed by atoms with van der Waals surface area (Å²) in [6.07, 6.45) is 1.12. The Morgan fingerprint density at radius 3 is 2.94 bits per heavy atom. The standard InChI is InChI=1S/C13H17N3S/c1-8-5-7-17-12(8)11-4-6-14-13-9(2)10(3)15-16(11)13/h5,7,11,14H,4,6H2,1-3H3. The minimum absolute atomic E-state index is 0.415. The van der Waals surface area contributed by atoms with E-state index in [9.17, 15) is 0 Å². The molecule has 0 fully saturated rings. The summed E-state index contributed by atoms with van der Waals surface area (Å²) in [6, 6.07) is 2.61. The van der Waals surface area contributed by atoms with Crippen molar-refractivity contribution in [3.63, 3.8) is 0 Å². The van der Waals surface area contributed by atoms with Gasteiger partial charge in [-0.05, 0) is 44.2 Å². The van der Waals surface area contributed by atoms with Gasteiger partial charge in [0, 0.05) is 17.0 Å². The lowest BCUT2D eigenvalue weighted by atomic mass is 10.1. The fraction of sp³-hybridized carbons (Fsp3) is 0.462. The van der Waals surface area contributed by atoms with Gasteiger partial charge in [0.05, 0.1) is 11.7 Å². The van der Waals surface area contributed by atoms with Gasteiger partial charge in [0.2, 0.25) is 0 Å². The first-order chi connectivity index (χ1) is 8.18. The molecule has 17 heavy (non-hydrogen) atoms. The van der Waals surface area contributed by atoms with Gasteiger partial charge in [0.15, 0.2) is 0 Å². The Balaban J connectivity index is 2.12. The maximum atomic E-state index is 4.69. The van der Waals surface area contributed by atoms with Crippen LogP contribution in [-0.2, 0) is 0 Å². The van der Waals surface area contributed by atoms with E-state index in [0.717, 1.165) is 18.7 Å². The molecule has 4 heteroatoms. The Labute approximate surface area is 105 Å². The van der Waals surface area contributed by atoms with Crippen molar-refractivity contribution in [2.24, 2.45) is 0 Å². The third-order valence-electron chi connectivity index (χ3n) is 3.59. The van der Waals surface area contributed by atoms with E-state index >= 15 is 0 Å². The van der Waals surface area contributed by atoms with E-state index in [1.165, 1.54) is 21.8 Å². The van der Waals surface area contributed by atoms with Gasteiger partial charge < -0.3 is 5.32 Å². The van der Waals surface area contributed by atoms with E-state index in [-0.39, 0.29) is 0 Å². The Bertz CT molecular complexity index is 553. The highest BCUT2D eigenvalue weighted by molar-refractivity contribution is 7.10. The molecule has 0 aliphatic carbocycles. The molecule has 1 aliphatic heterocycles. The predicted molar refractivity (Wildman–Crippen MR) is 72.0 cm³/mol. The van der Waals surface area contributed by atoms with E-state index in [1.54, 1.807) is 0 Å². The number of hydrogen-bond donors (Lipinski definition) is 1. The molecule has 0 spiro atoms. The molecule has 0 saturated heterocycles. The van der Waals surface area contributed by atoms with Gasteiger partial charge in [-0.1, -0.05) is 0 Å². The quantitative estimate of drug-likeness (QED) is 0.838. The van der Waals surface area contributed by atoms with Crippen LogP contribution in [0.15, 0.2) is 11.4 Å². The molecule has 0 radical (unpaired) electrons. The summed E-state index contributed by atoms with van der Waals surface area (Å²) in [5.74, 6) is 1.20. The van der Waals surface area contributed by atoms with Crippen LogP contribution in [0, 0.1) is 20.8 Å². The number of nitrogens with zero attached hydrogens (tertiary/aromatic N) is 2. The number of thiophene rings is 1.